The summed E-state index contributed by atoms with van der Waals surface area (Å²) in [5, 5.41) is 19.3. The molecule has 0 saturated carbocycles. The number of hydrogen-bond acceptors (Lipinski definition) is 9. The number of carbonyl (C=O) groups excluding carboxylic acids is 1. The second-order valence-electron chi connectivity index (χ2n) is 16.3. The number of carbonyl (C=O) groups is 1. The molecule has 0 radical (unpaired) electrons. The van der Waals surface area contributed by atoms with Crippen LogP contribution in [0.4, 0.5) is 0 Å². The van der Waals surface area contributed by atoms with Gasteiger partial charge in [0.05, 0.1) is 46.6 Å². The summed E-state index contributed by atoms with van der Waals surface area (Å²) in [6, 6.07) is 0. The largest absolute Gasteiger partial charge is 0.756 e. The molecule has 11 heteroatoms. The Labute approximate surface area is 360 Å². The van der Waals surface area contributed by atoms with Crippen molar-refractivity contribution in [2.75, 3.05) is 54.1 Å². The highest BCUT2D eigenvalue weighted by Gasteiger charge is 2.20. The lowest BCUT2D eigenvalue weighted by atomic mass is 10.1. The summed E-state index contributed by atoms with van der Waals surface area (Å²) < 4.78 is 34.5. The van der Waals surface area contributed by atoms with E-state index in [0.29, 0.717) is 36.9 Å². The Hall–Kier alpha value is -2.14. The second kappa shape index (κ2) is 40.0. The van der Waals surface area contributed by atoms with Gasteiger partial charge in [-0.3, -0.25) is 9.36 Å². The first kappa shape index (κ1) is 56.9. The minimum Gasteiger partial charge on any atom is -0.756 e. The number of ether oxygens (including phenoxy) is 2. The Kier molecular flexibility index (Phi) is 38.5. The summed E-state index contributed by atoms with van der Waals surface area (Å²) in [7, 11) is 1.26. The van der Waals surface area contributed by atoms with Gasteiger partial charge in [0, 0.05) is 13.0 Å². The van der Waals surface area contributed by atoms with Crippen molar-refractivity contribution in [3.05, 3.63) is 72.9 Å². The standard InChI is InChI=1S/C48H86NO9P/c1-6-8-9-10-11-12-13-14-15-19-22-25-28-31-34-37-41-55-43-45(44-57-59(53,54)56-42-40-49(3,4)5)58-48(52)39-36-33-30-27-24-21-18-16-17-20-23-26-29-32-35-38-47(51)46(50)7-2/h14-17,21,23-24,26,30,32-33,35,45-47,50-51H,6-13,18-20,22,25,27-29,31,34,36-44H2,1-5H3/b15-14-,17-16+,24-21+,26-23+,33-30+,35-32+. The molecule has 0 aromatic carbocycles. The Morgan fingerprint density at radius 1 is 0.610 bits per heavy atom. The number of allylic oxidation sites excluding steroid dienone is 11. The average Bonchev–Trinajstić information content (AvgIpc) is 3.19. The Morgan fingerprint density at radius 2 is 1.10 bits per heavy atom. The molecule has 59 heavy (non-hydrogen) atoms. The van der Waals surface area contributed by atoms with E-state index >= 15 is 0 Å². The van der Waals surface area contributed by atoms with E-state index in [-0.39, 0.29) is 26.2 Å². The number of quaternary nitrogens is 1. The summed E-state index contributed by atoms with van der Waals surface area (Å²) in [4.78, 5) is 25.0. The van der Waals surface area contributed by atoms with Crippen LogP contribution in [0.5, 0.6) is 0 Å². The predicted molar refractivity (Wildman–Crippen MR) is 243 cm³/mol. The van der Waals surface area contributed by atoms with Crippen molar-refractivity contribution >= 4 is 13.8 Å². The maximum atomic E-state index is 12.7. The van der Waals surface area contributed by atoms with Gasteiger partial charge < -0.3 is 38.1 Å². The third-order valence-corrected chi connectivity index (χ3v) is 10.5. The molecule has 0 rings (SSSR count). The lowest BCUT2D eigenvalue weighted by molar-refractivity contribution is -0.870. The van der Waals surface area contributed by atoms with Crippen LogP contribution in [0.3, 0.4) is 0 Å². The van der Waals surface area contributed by atoms with E-state index in [2.05, 4.69) is 55.5 Å². The Morgan fingerprint density at radius 3 is 1.64 bits per heavy atom. The highest BCUT2D eigenvalue weighted by atomic mass is 31.2. The van der Waals surface area contributed by atoms with Crippen LogP contribution in [0.15, 0.2) is 72.9 Å². The maximum Gasteiger partial charge on any atom is 0.306 e. The third-order valence-electron chi connectivity index (χ3n) is 9.51. The Balaban J connectivity index is 4.41. The summed E-state index contributed by atoms with van der Waals surface area (Å²) in [6.45, 7) is 4.80. The molecule has 0 aliphatic heterocycles. The first-order valence-electron chi connectivity index (χ1n) is 22.8. The number of phosphoric acid groups is 1. The average molecular weight is 852 g/mol. The van der Waals surface area contributed by atoms with Crippen LogP contribution in [0.25, 0.3) is 0 Å². The lowest BCUT2D eigenvalue weighted by Crippen LogP contribution is -2.37. The molecule has 10 nitrogen and oxygen atoms in total. The van der Waals surface area contributed by atoms with Crippen molar-refractivity contribution in [2.45, 2.75) is 173 Å². The number of nitrogens with zero attached hydrogens (tertiary/aromatic N) is 1. The topological polar surface area (TPSA) is 135 Å². The summed E-state index contributed by atoms with van der Waals surface area (Å²) in [5.74, 6) is -0.438. The van der Waals surface area contributed by atoms with Crippen molar-refractivity contribution in [2.24, 2.45) is 0 Å². The number of aliphatic hydroxyl groups excluding tert-OH is 2. The van der Waals surface area contributed by atoms with E-state index in [1.165, 1.54) is 64.2 Å². The fraction of sp³-hybridized carbons (Fsp3) is 0.729. The van der Waals surface area contributed by atoms with Crippen molar-refractivity contribution in [3.63, 3.8) is 0 Å². The van der Waals surface area contributed by atoms with Crippen LogP contribution in [0, 0.1) is 0 Å². The van der Waals surface area contributed by atoms with E-state index < -0.39 is 32.1 Å². The smallest absolute Gasteiger partial charge is 0.306 e. The molecular weight excluding hydrogens is 765 g/mol. The van der Waals surface area contributed by atoms with E-state index in [0.717, 1.165) is 51.4 Å². The molecule has 4 atom stereocenters. The lowest BCUT2D eigenvalue weighted by Gasteiger charge is -2.28. The van der Waals surface area contributed by atoms with Crippen LogP contribution in [-0.4, -0.2) is 93.1 Å². The molecule has 0 aromatic rings. The molecule has 0 saturated heterocycles. The first-order chi connectivity index (χ1) is 28.4. The molecule has 0 aliphatic rings. The predicted octanol–water partition coefficient (Wildman–Crippen LogP) is 10.8. The number of likely N-dealkylation sites (N-methyl/N-ethyl adjacent to an activating group) is 1. The minimum absolute atomic E-state index is 0.00292. The quantitative estimate of drug-likeness (QED) is 0.0203. The molecule has 0 heterocycles. The van der Waals surface area contributed by atoms with Crippen LogP contribution in [0.1, 0.15) is 155 Å². The molecule has 0 aliphatic carbocycles. The molecule has 0 fully saturated rings. The molecule has 0 spiro atoms. The minimum atomic E-state index is -4.57. The monoisotopic (exact) mass is 852 g/mol. The normalized spacial score (nSPS) is 15.5. The fourth-order valence-corrected chi connectivity index (χ4v) is 6.46. The fourth-order valence-electron chi connectivity index (χ4n) is 5.73. The molecule has 342 valence electrons. The van der Waals surface area contributed by atoms with Gasteiger partial charge in [0.2, 0.25) is 0 Å². The number of aliphatic hydroxyl groups is 2. The van der Waals surface area contributed by atoms with Gasteiger partial charge >= 0.3 is 5.97 Å². The number of phosphoric ester groups is 1. The van der Waals surface area contributed by atoms with Gasteiger partial charge in [0.15, 0.2) is 0 Å². The van der Waals surface area contributed by atoms with Crippen molar-refractivity contribution in [1.82, 2.24) is 0 Å². The van der Waals surface area contributed by atoms with E-state index in [4.69, 9.17) is 18.5 Å². The zero-order valence-electron chi connectivity index (χ0n) is 37.9. The van der Waals surface area contributed by atoms with Gasteiger partial charge in [-0.15, -0.1) is 0 Å². The molecular formula is C48H86NO9P. The highest BCUT2D eigenvalue weighted by Crippen LogP contribution is 2.38. The highest BCUT2D eigenvalue weighted by molar-refractivity contribution is 7.45. The van der Waals surface area contributed by atoms with E-state index in [1.54, 1.807) is 0 Å². The SMILES string of the molecule is CCCCCCCC/C=C\CCCCCCCCOCC(COP(=O)([O-])OCC[N+](C)(C)C)OC(=O)CC/C=C/C/C=C/C/C=C/C/C=C/C/C=C/CC(O)C(O)CC. The maximum absolute atomic E-state index is 12.7. The molecule has 2 N–H and O–H groups in total. The molecule has 4 unspecified atom stereocenters. The number of hydrogen-bond donors (Lipinski definition) is 2. The van der Waals surface area contributed by atoms with Gasteiger partial charge in [-0.1, -0.05) is 145 Å². The summed E-state index contributed by atoms with van der Waals surface area (Å²) in [6.07, 6.45) is 45.0. The molecule has 0 aromatic heterocycles. The second-order valence-corrected chi connectivity index (χ2v) is 17.7. The van der Waals surface area contributed by atoms with Crippen molar-refractivity contribution < 1.29 is 47.5 Å². The van der Waals surface area contributed by atoms with Gasteiger partial charge in [-0.05, 0) is 77.0 Å². The zero-order chi connectivity index (χ0) is 43.7. The van der Waals surface area contributed by atoms with Crippen molar-refractivity contribution in [1.29, 1.82) is 0 Å². The van der Waals surface area contributed by atoms with Gasteiger partial charge in [0.25, 0.3) is 7.82 Å². The van der Waals surface area contributed by atoms with Crippen LogP contribution < -0.4 is 4.89 Å². The van der Waals surface area contributed by atoms with Crippen LogP contribution in [0.2, 0.25) is 0 Å². The van der Waals surface area contributed by atoms with Gasteiger partial charge in [-0.25, -0.2) is 0 Å². The van der Waals surface area contributed by atoms with Gasteiger partial charge in [0.1, 0.15) is 19.3 Å². The van der Waals surface area contributed by atoms with Crippen molar-refractivity contribution in [3.8, 4) is 0 Å². The number of esters is 1. The zero-order valence-corrected chi connectivity index (χ0v) is 38.8. The van der Waals surface area contributed by atoms with Gasteiger partial charge in [-0.2, -0.15) is 0 Å². The van der Waals surface area contributed by atoms with Crippen LogP contribution >= 0.6 is 7.82 Å². The number of unbranched alkanes of at least 4 members (excludes halogenated alkanes) is 12. The van der Waals surface area contributed by atoms with Crippen LogP contribution in [-0.2, 0) is 27.9 Å². The molecule has 0 bridgehead atoms. The Bertz CT molecular complexity index is 1210. The summed E-state index contributed by atoms with van der Waals surface area (Å²) >= 11 is 0. The third kappa shape index (κ3) is 42.3. The van der Waals surface area contributed by atoms with E-state index in [1.807, 2.05) is 52.4 Å². The first-order valence-corrected chi connectivity index (χ1v) is 24.3. The number of rotatable bonds is 41. The summed E-state index contributed by atoms with van der Waals surface area (Å²) in [5.41, 5.74) is 0. The molecule has 0 amide bonds. The van der Waals surface area contributed by atoms with E-state index in [9.17, 15) is 24.5 Å².